The van der Waals surface area contributed by atoms with Crippen LogP contribution in [0.3, 0.4) is 0 Å². The molecule has 5 amide bonds. The number of amides is 5. The number of likely N-dealkylation sites (tertiary alicyclic amines) is 1. The normalized spacial score (nSPS) is 18.8. The third kappa shape index (κ3) is 5.54. The van der Waals surface area contributed by atoms with Crippen LogP contribution in [0, 0.1) is 5.82 Å². The molecule has 3 aromatic rings. The largest absolute Gasteiger partial charge is 0.353 e. The topological polar surface area (TPSA) is 139 Å². The van der Waals surface area contributed by atoms with Crippen LogP contribution in [0.1, 0.15) is 18.9 Å². The highest BCUT2D eigenvalue weighted by Crippen LogP contribution is 2.33. The first-order valence-electron chi connectivity index (χ1n) is 11.6. The quantitative estimate of drug-likeness (QED) is 0.377. The Kier molecular flexibility index (Phi) is 7.53. The second kappa shape index (κ2) is 10.7. The van der Waals surface area contributed by atoms with E-state index in [1.54, 1.807) is 24.3 Å². The summed E-state index contributed by atoms with van der Waals surface area (Å²) in [5.41, 5.74) is 4.11. The first-order valence-corrected chi connectivity index (χ1v) is 12.0. The van der Waals surface area contributed by atoms with E-state index in [0.29, 0.717) is 10.9 Å². The van der Waals surface area contributed by atoms with Gasteiger partial charge in [-0.3, -0.25) is 14.2 Å². The molecule has 200 valence electrons. The van der Waals surface area contributed by atoms with E-state index in [1.807, 2.05) is 0 Å². The predicted molar refractivity (Wildman–Crippen MR) is 137 cm³/mol. The van der Waals surface area contributed by atoms with Gasteiger partial charge in [-0.2, -0.15) is 0 Å². The van der Waals surface area contributed by atoms with Crippen LogP contribution in [0.2, 0.25) is 5.02 Å². The summed E-state index contributed by atoms with van der Waals surface area (Å²) >= 11 is 5.79. The first kappa shape index (κ1) is 26.9. The molecule has 1 saturated heterocycles. The first-order chi connectivity index (χ1) is 18.0. The minimum Gasteiger partial charge on any atom is -0.353 e. The van der Waals surface area contributed by atoms with Gasteiger partial charge in [0.25, 0.3) is 0 Å². The van der Waals surface area contributed by atoms with Crippen molar-refractivity contribution in [2.45, 2.75) is 31.6 Å². The van der Waals surface area contributed by atoms with Crippen LogP contribution in [0.5, 0.6) is 0 Å². The van der Waals surface area contributed by atoms with Gasteiger partial charge in [-0.05, 0) is 12.1 Å². The Bertz CT molecular complexity index is 1430. The molecule has 1 fully saturated rings. The van der Waals surface area contributed by atoms with Crippen LogP contribution in [0.4, 0.5) is 24.1 Å². The number of hydrogen-bond acceptors (Lipinski definition) is 4. The van der Waals surface area contributed by atoms with Crippen molar-refractivity contribution >= 4 is 52.1 Å². The second-order valence-electron chi connectivity index (χ2n) is 9.04. The van der Waals surface area contributed by atoms with Gasteiger partial charge in [-0.15, -0.1) is 0 Å². The zero-order valence-electron chi connectivity index (χ0n) is 20.3. The predicted octanol–water partition coefficient (Wildman–Crippen LogP) is 3.13. The molecule has 1 aliphatic rings. The Balaban J connectivity index is 1.58. The Hall–Kier alpha value is -4.19. The van der Waals surface area contributed by atoms with Gasteiger partial charge < -0.3 is 26.6 Å². The van der Waals surface area contributed by atoms with E-state index < -0.39 is 60.9 Å². The number of benzene rings is 2. The molecule has 2 atom stereocenters. The van der Waals surface area contributed by atoms with Crippen LogP contribution >= 0.6 is 11.6 Å². The summed E-state index contributed by atoms with van der Waals surface area (Å²) < 4.78 is 31.1. The van der Waals surface area contributed by atoms with E-state index in [1.165, 1.54) is 31.3 Å². The van der Waals surface area contributed by atoms with Crippen molar-refractivity contribution in [1.82, 2.24) is 20.1 Å². The van der Waals surface area contributed by atoms with Crippen molar-refractivity contribution in [2.75, 3.05) is 18.4 Å². The van der Waals surface area contributed by atoms with Crippen molar-refractivity contribution in [2.24, 2.45) is 5.73 Å². The number of para-hydroxylation sites is 1. The second-order valence-corrected chi connectivity index (χ2v) is 9.44. The molecular weight excluding hydrogens is 522 g/mol. The van der Waals surface area contributed by atoms with Crippen molar-refractivity contribution in [3.63, 3.8) is 0 Å². The number of nitrogens with one attached hydrogen (secondary N) is 3. The van der Waals surface area contributed by atoms with Crippen LogP contribution in [0.25, 0.3) is 10.9 Å². The number of alkyl halides is 1. The molecule has 4 rings (SSSR count). The third-order valence-electron chi connectivity index (χ3n) is 6.28. The lowest BCUT2D eigenvalue weighted by Gasteiger charge is -2.24. The summed E-state index contributed by atoms with van der Waals surface area (Å²) in [5, 5.41) is 7.92. The van der Waals surface area contributed by atoms with E-state index in [9.17, 15) is 23.6 Å². The maximum absolute atomic E-state index is 15.7. The SMILES string of the molecule is CC(=O)NC[C@@]1(F)C[C@@H](C(=O)NCc2cccc(Cl)c2F)N(C(=O)Nc2cn(C(N)=O)c3ccccc23)C1. The molecule has 10 nitrogen and oxygen atoms in total. The fourth-order valence-electron chi connectivity index (χ4n) is 4.43. The Labute approximate surface area is 221 Å². The number of halogens is 3. The van der Waals surface area contributed by atoms with Crippen molar-refractivity contribution in [1.29, 1.82) is 0 Å². The molecule has 0 bridgehead atoms. The van der Waals surface area contributed by atoms with Gasteiger partial charge in [0.1, 0.15) is 17.5 Å². The molecule has 0 unspecified atom stereocenters. The summed E-state index contributed by atoms with van der Waals surface area (Å²) in [6, 6.07) is 8.14. The van der Waals surface area contributed by atoms with Gasteiger partial charge in [0.15, 0.2) is 0 Å². The number of nitrogens with zero attached hydrogens (tertiary/aromatic N) is 2. The van der Waals surface area contributed by atoms with Crippen molar-refractivity contribution in [3.8, 4) is 0 Å². The Morgan fingerprint density at radius 3 is 2.58 bits per heavy atom. The molecule has 1 aliphatic heterocycles. The van der Waals surface area contributed by atoms with E-state index in [2.05, 4.69) is 16.0 Å². The fraction of sp³-hybridized carbons (Fsp3) is 0.280. The highest BCUT2D eigenvalue weighted by atomic mass is 35.5. The molecule has 1 aromatic heterocycles. The fourth-order valence-corrected chi connectivity index (χ4v) is 4.62. The Morgan fingerprint density at radius 2 is 1.87 bits per heavy atom. The van der Waals surface area contributed by atoms with E-state index in [0.717, 1.165) is 9.47 Å². The van der Waals surface area contributed by atoms with Crippen LogP contribution in [-0.4, -0.2) is 58.1 Å². The van der Waals surface area contributed by atoms with Crippen molar-refractivity contribution < 1.29 is 28.0 Å². The van der Waals surface area contributed by atoms with Crippen molar-refractivity contribution in [3.05, 3.63) is 65.1 Å². The number of anilines is 1. The minimum atomic E-state index is -2.10. The van der Waals surface area contributed by atoms with Gasteiger partial charge in [0.05, 0.1) is 29.3 Å². The number of aromatic nitrogens is 1. The van der Waals surface area contributed by atoms with E-state index in [-0.39, 0.29) is 22.8 Å². The molecule has 0 aliphatic carbocycles. The van der Waals surface area contributed by atoms with E-state index in [4.69, 9.17) is 17.3 Å². The number of carbonyl (C=O) groups is 4. The summed E-state index contributed by atoms with van der Waals surface area (Å²) in [6.45, 7) is 0.0618. The highest BCUT2D eigenvalue weighted by Gasteiger charge is 2.49. The average Bonchev–Trinajstić information content (AvgIpc) is 3.42. The summed E-state index contributed by atoms with van der Waals surface area (Å²) in [5.74, 6) is -1.89. The highest BCUT2D eigenvalue weighted by molar-refractivity contribution is 6.30. The van der Waals surface area contributed by atoms with E-state index >= 15 is 4.39 Å². The summed E-state index contributed by atoms with van der Waals surface area (Å²) in [6.07, 6.45) is 0.922. The zero-order chi connectivity index (χ0) is 27.6. The van der Waals surface area contributed by atoms with Gasteiger partial charge >= 0.3 is 12.1 Å². The maximum Gasteiger partial charge on any atom is 0.323 e. The number of primary amides is 1. The van der Waals surface area contributed by atoms with Gasteiger partial charge in [-0.25, -0.2) is 18.4 Å². The zero-order valence-corrected chi connectivity index (χ0v) is 21.0. The number of hydrogen-bond donors (Lipinski definition) is 4. The third-order valence-corrected chi connectivity index (χ3v) is 6.57. The number of rotatable bonds is 6. The molecule has 2 heterocycles. The molecule has 38 heavy (non-hydrogen) atoms. The molecule has 13 heteroatoms. The van der Waals surface area contributed by atoms with Gasteiger partial charge in [-0.1, -0.05) is 41.9 Å². The molecule has 5 N–H and O–H groups in total. The van der Waals surface area contributed by atoms with Gasteiger partial charge in [0, 0.05) is 37.0 Å². The van der Waals surface area contributed by atoms with Crippen LogP contribution in [-0.2, 0) is 16.1 Å². The minimum absolute atomic E-state index is 0.115. The lowest BCUT2D eigenvalue weighted by atomic mass is 10.0. The van der Waals surface area contributed by atoms with Gasteiger partial charge in [0.2, 0.25) is 11.8 Å². The standard InChI is InChI=1S/C25H25ClF2N6O4/c1-14(35)31-12-25(28)9-20(22(36)30-10-15-5-4-7-17(26)21(15)27)34(13-25)24(38)32-18-11-33(23(29)37)19-8-3-2-6-16(18)19/h2-8,11,20H,9-10,12-13H2,1H3,(H2,29,37)(H,30,36)(H,31,35)(H,32,38)/t20-,25-/m0/s1. The molecular formula is C25H25ClF2N6O4. The van der Waals surface area contributed by atoms with Crippen LogP contribution in [0.15, 0.2) is 48.7 Å². The molecule has 0 saturated carbocycles. The van der Waals surface area contributed by atoms with Crippen LogP contribution < -0.4 is 21.7 Å². The number of nitrogens with two attached hydrogens (primary N) is 1. The monoisotopic (exact) mass is 546 g/mol. The Morgan fingerprint density at radius 1 is 1.13 bits per heavy atom. The molecule has 2 aromatic carbocycles. The maximum atomic E-state index is 15.7. The number of carbonyl (C=O) groups excluding carboxylic acids is 4. The lowest BCUT2D eigenvalue weighted by molar-refractivity contribution is -0.124. The average molecular weight is 547 g/mol. The molecule has 0 spiro atoms. The number of urea groups is 1. The summed E-state index contributed by atoms with van der Waals surface area (Å²) in [4.78, 5) is 50.7. The lowest BCUT2D eigenvalue weighted by Crippen LogP contribution is -2.47. The summed E-state index contributed by atoms with van der Waals surface area (Å²) in [7, 11) is 0. The number of fused-ring (bicyclic) bond motifs is 1. The smallest absolute Gasteiger partial charge is 0.323 e. The molecule has 0 radical (unpaired) electrons.